The molecule has 0 saturated heterocycles. The lowest BCUT2D eigenvalue weighted by atomic mass is 10.2. The topological polar surface area (TPSA) is 33.0 Å². The molecule has 0 amide bonds. The van der Waals surface area contributed by atoms with Crippen LogP contribution in [0.4, 0.5) is 0 Å². The van der Waals surface area contributed by atoms with Gasteiger partial charge in [-0.25, -0.2) is 0 Å². The fraction of sp³-hybridized carbons (Fsp3) is 0.0714. The van der Waals surface area contributed by atoms with Crippen molar-refractivity contribution in [2.45, 2.75) is 6.61 Å². The number of nitrogens with zero attached hydrogens (tertiary/aromatic N) is 1. The molecule has 0 aliphatic carbocycles. The molecule has 2 nitrogen and oxygen atoms in total. The summed E-state index contributed by atoms with van der Waals surface area (Å²) in [5.41, 5.74) is 1.62. The molecule has 4 heteroatoms. The van der Waals surface area contributed by atoms with Gasteiger partial charge in [-0.15, -0.1) is 0 Å². The number of rotatable bonds is 3. The summed E-state index contributed by atoms with van der Waals surface area (Å²) in [4.78, 5) is 0. The molecule has 0 spiro atoms. The van der Waals surface area contributed by atoms with Crippen LogP contribution >= 0.6 is 23.2 Å². The van der Waals surface area contributed by atoms with E-state index in [4.69, 9.17) is 33.2 Å². The summed E-state index contributed by atoms with van der Waals surface area (Å²) in [6.07, 6.45) is 0. The van der Waals surface area contributed by atoms with Gasteiger partial charge >= 0.3 is 0 Å². The van der Waals surface area contributed by atoms with Crippen molar-refractivity contribution in [2.75, 3.05) is 0 Å². The summed E-state index contributed by atoms with van der Waals surface area (Å²) in [7, 11) is 0. The molecule has 0 aliphatic heterocycles. The van der Waals surface area contributed by atoms with Gasteiger partial charge in [-0.1, -0.05) is 35.3 Å². The summed E-state index contributed by atoms with van der Waals surface area (Å²) in [5.74, 6) is 0.661. The third-order valence-electron chi connectivity index (χ3n) is 2.38. The first-order chi connectivity index (χ1) is 8.69. The second kappa shape index (κ2) is 5.77. The van der Waals surface area contributed by atoms with E-state index in [9.17, 15) is 0 Å². The van der Waals surface area contributed by atoms with Crippen LogP contribution < -0.4 is 4.74 Å². The van der Waals surface area contributed by atoms with Gasteiger partial charge in [0.05, 0.1) is 21.7 Å². The van der Waals surface area contributed by atoms with E-state index in [2.05, 4.69) is 6.07 Å². The smallest absolute Gasteiger partial charge is 0.121 e. The van der Waals surface area contributed by atoms with E-state index >= 15 is 0 Å². The van der Waals surface area contributed by atoms with Crippen LogP contribution in [0.1, 0.15) is 11.1 Å². The molecule has 0 atom stereocenters. The van der Waals surface area contributed by atoms with Crippen LogP contribution in [0.25, 0.3) is 0 Å². The maximum absolute atomic E-state index is 8.68. The monoisotopic (exact) mass is 277 g/mol. The molecule has 0 fully saturated rings. The first kappa shape index (κ1) is 12.8. The standard InChI is InChI=1S/C14H9Cl2NO/c15-13-6-5-12(7-14(13)16)18-9-11-3-1-10(8-17)2-4-11/h1-7H,9H2. The van der Waals surface area contributed by atoms with Crippen molar-refractivity contribution in [1.29, 1.82) is 5.26 Å². The molecule has 0 bridgehead atoms. The van der Waals surface area contributed by atoms with Crippen LogP contribution in [0, 0.1) is 11.3 Å². The summed E-state index contributed by atoms with van der Waals surface area (Å²) < 4.78 is 5.58. The summed E-state index contributed by atoms with van der Waals surface area (Å²) >= 11 is 11.7. The summed E-state index contributed by atoms with van der Waals surface area (Å²) in [5, 5.41) is 9.65. The molecule has 0 heterocycles. The SMILES string of the molecule is N#Cc1ccc(COc2ccc(Cl)c(Cl)c2)cc1. The van der Waals surface area contributed by atoms with Gasteiger partial charge in [0, 0.05) is 6.07 Å². The lowest BCUT2D eigenvalue weighted by Gasteiger charge is -2.07. The Morgan fingerprint density at radius 1 is 1.00 bits per heavy atom. The van der Waals surface area contributed by atoms with Crippen LogP contribution in [0.15, 0.2) is 42.5 Å². The largest absolute Gasteiger partial charge is 0.489 e. The minimum absolute atomic E-state index is 0.420. The first-order valence-electron chi connectivity index (χ1n) is 5.26. The summed E-state index contributed by atoms with van der Waals surface area (Å²) in [6.45, 7) is 0.420. The van der Waals surface area contributed by atoms with Gasteiger partial charge in [-0.05, 0) is 29.8 Å². The minimum atomic E-state index is 0.420. The van der Waals surface area contributed by atoms with Crippen molar-refractivity contribution in [3.63, 3.8) is 0 Å². The molecule has 0 aliphatic rings. The van der Waals surface area contributed by atoms with E-state index in [-0.39, 0.29) is 0 Å². The van der Waals surface area contributed by atoms with Crippen LogP contribution in [0.5, 0.6) is 5.75 Å². The number of hydrogen-bond donors (Lipinski definition) is 0. The fourth-order valence-corrected chi connectivity index (χ4v) is 1.70. The molecule has 0 saturated carbocycles. The third kappa shape index (κ3) is 3.16. The zero-order chi connectivity index (χ0) is 13.0. The molecule has 0 unspecified atom stereocenters. The Morgan fingerprint density at radius 3 is 2.33 bits per heavy atom. The van der Waals surface area contributed by atoms with Crippen LogP contribution in [-0.2, 0) is 6.61 Å². The van der Waals surface area contributed by atoms with Gasteiger partial charge < -0.3 is 4.74 Å². The van der Waals surface area contributed by atoms with Gasteiger partial charge in [0.15, 0.2) is 0 Å². The predicted octanol–water partition coefficient (Wildman–Crippen LogP) is 4.44. The highest BCUT2D eigenvalue weighted by Gasteiger charge is 2.01. The molecule has 0 N–H and O–H groups in total. The second-order valence-corrected chi connectivity index (χ2v) is 4.49. The Kier molecular flexibility index (Phi) is 4.09. The van der Waals surface area contributed by atoms with Gasteiger partial charge in [0.25, 0.3) is 0 Å². The van der Waals surface area contributed by atoms with Crippen molar-refractivity contribution in [3.8, 4) is 11.8 Å². The van der Waals surface area contributed by atoms with E-state index in [0.29, 0.717) is 28.0 Å². The van der Waals surface area contributed by atoms with Crippen LogP contribution in [0.3, 0.4) is 0 Å². The Hall–Kier alpha value is -1.69. The molecule has 90 valence electrons. The molecule has 18 heavy (non-hydrogen) atoms. The number of nitriles is 1. The number of benzene rings is 2. The van der Waals surface area contributed by atoms with E-state index < -0.39 is 0 Å². The quantitative estimate of drug-likeness (QED) is 0.831. The van der Waals surface area contributed by atoms with Crippen LogP contribution in [-0.4, -0.2) is 0 Å². The zero-order valence-corrected chi connectivity index (χ0v) is 10.9. The number of halogens is 2. The van der Waals surface area contributed by atoms with Gasteiger partial charge in [-0.3, -0.25) is 0 Å². The zero-order valence-electron chi connectivity index (χ0n) is 9.36. The first-order valence-corrected chi connectivity index (χ1v) is 6.01. The van der Waals surface area contributed by atoms with Crippen LogP contribution in [0.2, 0.25) is 10.0 Å². The Bertz CT molecular complexity index is 588. The third-order valence-corrected chi connectivity index (χ3v) is 3.12. The van der Waals surface area contributed by atoms with Crippen molar-refractivity contribution in [1.82, 2.24) is 0 Å². The summed E-state index contributed by atoms with van der Waals surface area (Å²) in [6, 6.07) is 14.4. The molecule has 2 rings (SSSR count). The highest BCUT2D eigenvalue weighted by Crippen LogP contribution is 2.26. The van der Waals surface area contributed by atoms with E-state index in [1.165, 1.54) is 0 Å². The molecule has 0 radical (unpaired) electrons. The van der Waals surface area contributed by atoms with Gasteiger partial charge in [0.2, 0.25) is 0 Å². The fourth-order valence-electron chi connectivity index (χ4n) is 1.41. The Balaban J connectivity index is 2.02. The maximum atomic E-state index is 8.68. The number of hydrogen-bond acceptors (Lipinski definition) is 2. The highest BCUT2D eigenvalue weighted by atomic mass is 35.5. The van der Waals surface area contributed by atoms with E-state index in [1.807, 2.05) is 12.1 Å². The lowest BCUT2D eigenvalue weighted by Crippen LogP contribution is -1.95. The molecule has 0 aromatic heterocycles. The predicted molar refractivity (Wildman–Crippen MR) is 72.0 cm³/mol. The molecular formula is C14H9Cl2NO. The average Bonchev–Trinajstić information content (AvgIpc) is 2.41. The van der Waals surface area contributed by atoms with Crippen molar-refractivity contribution >= 4 is 23.2 Å². The van der Waals surface area contributed by atoms with Gasteiger partial charge in [0.1, 0.15) is 12.4 Å². The highest BCUT2D eigenvalue weighted by molar-refractivity contribution is 6.42. The minimum Gasteiger partial charge on any atom is -0.489 e. The van der Waals surface area contributed by atoms with Gasteiger partial charge in [-0.2, -0.15) is 5.26 Å². The lowest BCUT2D eigenvalue weighted by molar-refractivity contribution is 0.306. The second-order valence-electron chi connectivity index (χ2n) is 3.67. The van der Waals surface area contributed by atoms with Crippen molar-refractivity contribution in [2.24, 2.45) is 0 Å². The molecule has 2 aromatic carbocycles. The number of ether oxygens (including phenoxy) is 1. The Labute approximate surface area is 115 Å². The van der Waals surface area contributed by atoms with E-state index in [1.54, 1.807) is 30.3 Å². The maximum Gasteiger partial charge on any atom is 0.121 e. The van der Waals surface area contributed by atoms with Crippen molar-refractivity contribution in [3.05, 3.63) is 63.6 Å². The molecular weight excluding hydrogens is 269 g/mol. The molecule has 2 aromatic rings. The Morgan fingerprint density at radius 2 is 1.72 bits per heavy atom. The van der Waals surface area contributed by atoms with E-state index in [0.717, 1.165) is 5.56 Å². The normalized spacial score (nSPS) is 9.83. The van der Waals surface area contributed by atoms with Crippen molar-refractivity contribution < 1.29 is 4.74 Å². The average molecular weight is 278 g/mol.